The van der Waals surface area contributed by atoms with Gasteiger partial charge >= 0.3 is 0 Å². The minimum atomic E-state index is -0.0112. The molecule has 3 aliphatic rings. The second-order valence-corrected chi connectivity index (χ2v) is 9.48. The van der Waals surface area contributed by atoms with Crippen molar-refractivity contribution in [3.8, 4) is 0 Å². The predicted octanol–water partition coefficient (Wildman–Crippen LogP) is 2.94. The minimum Gasteiger partial charge on any atom is -0.370 e. The molecule has 3 fully saturated rings. The number of carbonyl (C=O) groups excluding carboxylic acids is 1. The lowest BCUT2D eigenvalue weighted by Gasteiger charge is -2.29. The molecule has 1 amide bonds. The zero-order chi connectivity index (χ0) is 19.2. The molecule has 1 N–H and O–H groups in total. The van der Waals surface area contributed by atoms with Crippen molar-refractivity contribution in [1.82, 2.24) is 15.4 Å². The van der Waals surface area contributed by atoms with E-state index in [2.05, 4.69) is 49.1 Å². The smallest absolute Gasteiger partial charge is 0.220 e. The number of nitrogens with one attached hydrogen (secondary N) is 1. The Morgan fingerprint density at radius 1 is 1.41 bits per heavy atom. The van der Waals surface area contributed by atoms with Crippen LogP contribution < -0.4 is 5.32 Å². The van der Waals surface area contributed by atoms with Gasteiger partial charge in [-0.2, -0.15) is 0 Å². The maximum Gasteiger partial charge on any atom is 0.220 e. The van der Waals surface area contributed by atoms with Crippen LogP contribution in [-0.4, -0.2) is 47.3 Å². The number of aromatic nitrogens is 1. The van der Waals surface area contributed by atoms with Crippen LogP contribution in [0.25, 0.3) is 0 Å². The number of carbonyl (C=O) groups is 1. The molecule has 0 aromatic carbocycles. The van der Waals surface area contributed by atoms with E-state index >= 15 is 0 Å². The van der Waals surface area contributed by atoms with Crippen molar-refractivity contribution < 1.29 is 14.1 Å². The number of hydrogen-bond acceptors (Lipinski definition) is 5. The van der Waals surface area contributed by atoms with Gasteiger partial charge in [0.2, 0.25) is 5.91 Å². The number of ether oxygens (including phenoxy) is 1. The van der Waals surface area contributed by atoms with Gasteiger partial charge in [0.1, 0.15) is 5.76 Å². The molecule has 0 unspecified atom stereocenters. The Labute approximate surface area is 162 Å². The molecule has 1 spiro atoms. The van der Waals surface area contributed by atoms with E-state index in [-0.39, 0.29) is 11.5 Å². The number of amides is 1. The third kappa shape index (κ3) is 3.66. The molecule has 0 radical (unpaired) electrons. The zero-order valence-electron chi connectivity index (χ0n) is 17.0. The molecule has 4 heterocycles. The van der Waals surface area contributed by atoms with Gasteiger partial charge in [0.15, 0.2) is 0 Å². The van der Waals surface area contributed by atoms with Crippen LogP contribution >= 0.6 is 0 Å². The van der Waals surface area contributed by atoms with E-state index in [9.17, 15) is 4.79 Å². The number of fused-ring (bicyclic) bond motifs is 1. The zero-order valence-corrected chi connectivity index (χ0v) is 17.0. The molecule has 4 rings (SSSR count). The largest absolute Gasteiger partial charge is 0.370 e. The molecule has 150 valence electrons. The first kappa shape index (κ1) is 18.9. The summed E-state index contributed by atoms with van der Waals surface area (Å²) in [4.78, 5) is 14.5. The Morgan fingerprint density at radius 2 is 2.22 bits per heavy atom. The Balaban J connectivity index is 1.37. The summed E-state index contributed by atoms with van der Waals surface area (Å²) in [5, 5.41) is 7.41. The molecule has 3 aliphatic heterocycles. The SMILES string of the molecule is CC(C)CC(=O)NC[C@H]1[C@H]2CN(Cc3cc(C(C)C)on3)C[C@]23CC[C@H]1O3. The maximum atomic E-state index is 12.1. The van der Waals surface area contributed by atoms with Crippen LogP contribution in [0, 0.1) is 17.8 Å². The fourth-order valence-electron chi connectivity index (χ4n) is 5.26. The first-order valence-electron chi connectivity index (χ1n) is 10.5. The van der Waals surface area contributed by atoms with Gasteiger partial charge in [-0.15, -0.1) is 0 Å². The average molecular weight is 376 g/mol. The van der Waals surface area contributed by atoms with Crippen LogP contribution in [0.15, 0.2) is 10.6 Å². The summed E-state index contributed by atoms with van der Waals surface area (Å²) in [6.07, 6.45) is 3.18. The average Bonchev–Trinajstić information content (AvgIpc) is 3.32. The number of nitrogens with zero attached hydrogens (tertiary/aromatic N) is 2. The molecule has 3 saturated heterocycles. The lowest BCUT2D eigenvalue weighted by atomic mass is 9.73. The molecule has 2 bridgehead atoms. The first-order chi connectivity index (χ1) is 12.9. The minimum absolute atomic E-state index is 0.0112. The molecular formula is C21H33N3O3. The fourth-order valence-corrected chi connectivity index (χ4v) is 5.26. The highest BCUT2D eigenvalue weighted by Gasteiger charge is 2.62. The van der Waals surface area contributed by atoms with Gasteiger partial charge in [0.05, 0.1) is 17.4 Å². The van der Waals surface area contributed by atoms with Crippen LogP contribution in [0.4, 0.5) is 0 Å². The summed E-state index contributed by atoms with van der Waals surface area (Å²) in [5.74, 6) is 2.81. The van der Waals surface area contributed by atoms with Crippen molar-refractivity contribution in [2.75, 3.05) is 19.6 Å². The molecule has 1 aromatic heterocycles. The standard InChI is InChI=1S/C21H33N3O3/c1-13(2)7-20(25)22-9-16-17-11-24(12-21(17)6-5-18(16)26-21)10-15-8-19(14(3)4)27-23-15/h8,13-14,16-18H,5-7,9-12H2,1-4H3,(H,22,25)/t16-,17+,18+,21+/m0/s1. The van der Waals surface area contributed by atoms with E-state index in [0.717, 1.165) is 50.5 Å². The Kier molecular flexibility index (Phi) is 5.06. The maximum absolute atomic E-state index is 12.1. The number of likely N-dealkylation sites (tertiary alicyclic amines) is 1. The second kappa shape index (κ2) is 7.21. The summed E-state index contributed by atoms with van der Waals surface area (Å²) in [6.45, 7) is 12.0. The van der Waals surface area contributed by atoms with Gasteiger partial charge in [-0.05, 0) is 18.8 Å². The van der Waals surface area contributed by atoms with Crippen molar-refractivity contribution in [2.24, 2.45) is 17.8 Å². The van der Waals surface area contributed by atoms with Gasteiger partial charge in [0.25, 0.3) is 0 Å². The van der Waals surface area contributed by atoms with Gasteiger partial charge in [-0.1, -0.05) is 32.9 Å². The molecule has 1 aromatic rings. The van der Waals surface area contributed by atoms with Gasteiger partial charge in [-0.25, -0.2) is 0 Å². The number of hydrogen-bond donors (Lipinski definition) is 1. The fraction of sp³-hybridized carbons (Fsp3) is 0.810. The predicted molar refractivity (Wildman–Crippen MR) is 102 cm³/mol. The van der Waals surface area contributed by atoms with E-state index in [0.29, 0.717) is 36.2 Å². The van der Waals surface area contributed by atoms with Gasteiger partial charge < -0.3 is 14.6 Å². The third-order valence-corrected chi connectivity index (χ3v) is 6.51. The molecule has 0 saturated carbocycles. The van der Waals surface area contributed by atoms with Crippen LogP contribution in [0.2, 0.25) is 0 Å². The van der Waals surface area contributed by atoms with Crippen molar-refractivity contribution in [3.63, 3.8) is 0 Å². The van der Waals surface area contributed by atoms with Crippen LogP contribution in [0.1, 0.15) is 64.3 Å². The van der Waals surface area contributed by atoms with Crippen molar-refractivity contribution in [3.05, 3.63) is 17.5 Å². The van der Waals surface area contributed by atoms with Gasteiger partial charge in [0, 0.05) is 56.4 Å². The summed E-state index contributed by atoms with van der Waals surface area (Å²) in [6, 6.07) is 2.08. The van der Waals surface area contributed by atoms with E-state index in [1.54, 1.807) is 0 Å². The monoisotopic (exact) mass is 375 g/mol. The molecule has 6 nitrogen and oxygen atoms in total. The normalized spacial score (nSPS) is 32.6. The van der Waals surface area contributed by atoms with Crippen LogP contribution in [-0.2, 0) is 16.1 Å². The van der Waals surface area contributed by atoms with E-state index in [1.807, 2.05) is 0 Å². The molecular weight excluding hydrogens is 342 g/mol. The summed E-state index contributed by atoms with van der Waals surface area (Å²) >= 11 is 0. The molecule has 4 atom stereocenters. The van der Waals surface area contributed by atoms with Crippen molar-refractivity contribution in [1.29, 1.82) is 0 Å². The van der Waals surface area contributed by atoms with Gasteiger partial charge in [-0.3, -0.25) is 9.69 Å². The van der Waals surface area contributed by atoms with E-state index in [1.165, 1.54) is 0 Å². The molecule has 0 aliphatic carbocycles. The lowest BCUT2D eigenvalue weighted by molar-refractivity contribution is -0.122. The molecule has 27 heavy (non-hydrogen) atoms. The second-order valence-electron chi connectivity index (χ2n) is 9.48. The summed E-state index contributed by atoms with van der Waals surface area (Å²) in [5.41, 5.74) is 0.995. The Morgan fingerprint density at radius 3 is 2.93 bits per heavy atom. The Bertz CT molecular complexity index is 686. The summed E-state index contributed by atoms with van der Waals surface area (Å²) in [7, 11) is 0. The Hall–Kier alpha value is -1.40. The van der Waals surface area contributed by atoms with E-state index < -0.39 is 0 Å². The third-order valence-electron chi connectivity index (χ3n) is 6.51. The van der Waals surface area contributed by atoms with E-state index in [4.69, 9.17) is 9.26 Å². The topological polar surface area (TPSA) is 67.6 Å². The number of rotatable bonds is 7. The molecule has 6 heteroatoms. The van der Waals surface area contributed by atoms with Crippen LogP contribution in [0.5, 0.6) is 0 Å². The highest BCUT2D eigenvalue weighted by atomic mass is 16.5. The first-order valence-corrected chi connectivity index (χ1v) is 10.5. The van der Waals surface area contributed by atoms with Crippen molar-refractivity contribution >= 4 is 5.91 Å². The quantitative estimate of drug-likeness (QED) is 0.794. The summed E-state index contributed by atoms with van der Waals surface area (Å²) < 4.78 is 11.9. The van der Waals surface area contributed by atoms with Crippen LogP contribution in [0.3, 0.4) is 0 Å². The highest BCUT2D eigenvalue weighted by molar-refractivity contribution is 5.76. The highest BCUT2D eigenvalue weighted by Crippen LogP contribution is 2.54. The van der Waals surface area contributed by atoms with Crippen molar-refractivity contribution in [2.45, 2.75) is 71.1 Å². The lowest BCUT2D eigenvalue weighted by Crippen LogP contribution is -2.42.